The van der Waals surface area contributed by atoms with Crippen molar-refractivity contribution >= 4 is 29.9 Å². The van der Waals surface area contributed by atoms with Gasteiger partial charge in [-0.1, -0.05) is 24.3 Å². The first-order valence-electron chi connectivity index (χ1n) is 11.2. The number of halogens is 1. The predicted molar refractivity (Wildman–Crippen MR) is 144 cm³/mol. The van der Waals surface area contributed by atoms with Gasteiger partial charge in [-0.15, -0.1) is 24.0 Å². The van der Waals surface area contributed by atoms with E-state index in [1.807, 2.05) is 20.0 Å². The van der Waals surface area contributed by atoms with Gasteiger partial charge in [-0.2, -0.15) is 0 Å². The molecule has 2 aromatic rings. The number of nitrogens with zero attached hydrogens (tertiary/aromatic N) is 2. The molecule has 182 valence electrons. The lowest BCUT2D eigenvalue weighted by molar-refractivity contribution is 0.133. The third-order valence-corrected chi connectivity index (χ3v) is 5.68. The van der Waals surface area contributed by atoms with Gasteiger partial charge in [0.25, 0.3) is 0 Å². The van der Waals surface area contributed by atoms with Crippen LogP contribution in [-0.2, 0) is 24.4 Å². The zero-order valence-electron chi connectivity index (χ0n) is 20.1. The second kappa shape index (κ2) is 14.3. The largest absolute Gasteiger partial charge is 0.497 e. The lowest BCUT2D eigenvalue weighted by atomic mass is 10.1. The van der Waals surface area contributed by atoms with Crippen LogP contribution in [0.5, 0.6) is 11.5 Å². The molecule has 0 aliphatic carbocycles. The Balaban J connectivity index is 0.00000385. The number of hydrogen-bond acceptors (Lipinski definition) is 5. The van der Waals surface area contributed by atoms with Crippen LogP contribution in [0, 0.1) is 0 Å². The number of nitrogens with one attached hydrogen (secondary N) is 2. The van der Waals surface area contributed by atoms with E-state index in [0.29, 0.717) is 25.8 Å². The van der Waals surface area contributed by atoms with Crippen LogP contribution in [0.2, 0.25) is 0 Å². The van der Waals surface area contributed by atoms with E-state index in [1.165, 1.54) is 16.7 Å². The third kappa shape index (κ3) is 8.35. The summed E-state index contributed by atoms with van der Waals surface area (Å²) in [6, 6.07) is 14.8. The topological polar surface area (TPSA) is 67.4 Å². The second-order valence-corrected chi connectivity index (χ2v) is 7.92. The van der Waals surface area contributed by atoms with Crippen LogP contribution in [0.3, 0.4) is 0 Å². The maximum Gasteiger partial charge on any atom is 0.191 e. The summed E-state index contributed by atoms with van der Waals surface area (Å²) in [5.74, 6) is 2.47. The third-order valence-electron chi connectivity index (χ3n) is 5.68. The minimum Gasteiger partial charge on any atom is -0.497 e. The van der Waals surface area contributed by atoms with Gasteiger partial charge in [0, 0.05) is 51.9 Å². The fraction of sp³-hybridized carbons (Fsp3) is 0.480. The summed E-state index contributed by atoms with van der Waals surface area (Å²) in [6.07, 6.45) is 1.07. The van der Waals surface area contributed by atoms with Gasteiger partial charge in [-0.05, 0) is 42.2 Å². The molecule has 1 unspecified atom stereocenters. The second-order valence-electron chi connectivity index (χ2n) is 7.92. The smallest absolute Gasteiger partial charge is 0.191 e. The average molecular weight is 569 g/mol. The fourth-order valence-electron chi connectivity index (χ4n) is 3.96. The van der Waals surface area contributed by atoms with Crippen molar-refractivity contribution in [1.82, 2.24) is 15.5 Å². The van der Waals surface area contributed by atoms with E-state index >= 15 is 0 Å². The van der Waals surface area contributed by atoms with E-state index in [4.69, 9.17) is 14.2 Å². The Morgan fingerprint density at radius 2 is 1.79 bits per heavy atom. The lowest BCUT2D eigenvalue weighted by Crippen LogP contribution is -2.44. The van der Waals surface area contributed by atoms with Crippen LogP contribution in [0.1, 0.15) is 30.0 Å². The highest BCUT2D eigenvalue weighted by Gasteiger charge is 2.23. The van der Waals surface area contributed by atoms with Gasteiger partial charge in [-0.25, -0.2) is 0 Å². The van der Waals surface area contributed by atoms with E-state index in [2.05, 4.69) is 56.9 Å². The number of likely N-dealkylation sites (tertiary alicyclic amines) is 1. The highest BCUT2D eigenvalue weighted by Crippen LogP contribution is 2.24. The zero-order valence-corrected chi connectivity index (χ0v) is 22.4. The first-order valence-corrected chi connectivity index (χ1v) is 11.2. The molecular weight excluding hydrogens is 531 g/mol. The maximum atomic E-state index is 5.60. The Labute approximate surface area is 214 Å². The number of methoxy groups -OCH3 is 2. The monoisotopic (exact) mass is 568 g/mol. The molecule has 1 aliphatic heterocycles. The molecule has 2 aromatic carbocycles. The molecule has 3 rings (SSSR count). The molecule has 0 amide bonds. The fourth-order valence-corrected chi connectivity index (χ4v) is 3.96. The molecule has 0 aromatic heterocycles. The molecule has 0 spiro atoms. The van der Waals surface area contributed by atoms with Gasteiger partial charge in [0.2, 0.25) is 0 Å². The summed E-state index contributed by atoms with van der Waals surface area (Å²) in [7, 11) is 5.18. The van der Waals surface area contributed by atoms with Crippen LogP contribution in [0.4, 0.5) is 0 Å². The van der Waals surface area contributed by atoms with Crippen LogP contribution in [0.25, 0.3) is 0 Å². The van der Waals surface area contributed by atoms with Gasteiger partial charge in [-0.3, -0.25) is 9.89 Å². The minimum absolute atomic E-state index is 0. The number of benzene rings is 2. The van der Waals surface area contributed by atoms with E-state index < -0.39 is 0 Å². The van der Waals surface area contributed by atoms with Crippen LogP contribution < -0.4 is 20.1 Å². The van der Waals surface area contributed by atoms with E-state index in [1.54, 1.807) is 14.2 Å². The highest BCUT2D eigenvalue weighted by molar-refractivity contribution is 14.0. The number of rotatable bonds is 10. The standard InChI is InChI=1S/C25H36N4O3.HI/c1-5-32-18-21-9-7-6-8-20(21)15-27-25(26-2)28-22-10-11-29(17-22)16-19-12-23(30-3)14-24(13-19)31-4;/h6-9,12-14,22H,5,10-11,15-18H2,1-4H3,(H2,26,27,28);1H. The number of hydrogen-bond donors (Lipinski definition) is 2. The Kier molecular flexibility index (Phi) is 11.8. The first kappa shape index (κ1) is 27.2. The van der Waals surface area contributed by atoms with Crippen molar-refractivity contribution in [3.63, 3.8) is 0 Å². The molecular formula is C25H37IN4O3. The Morgan fingerprint density at radius 1 is 1.09 bits per heavy atom. The lowest BCUT2D eigenvalue weighted by Gasteiger charge is -2.20. The normalized spacial score (nSPS) is 16.2. The van der Waals surface area contributed by atoms with Crippen molar-refractivity contribution in [3.8, 4) is 11.5 Å². The van der Waals surface area contributed by atoms with E-state index in [0.717, 1.165) is 43.5 Å². The highest BCUT2D eigenvalue weighted by atomic mass is 127. The molecule has 0 bridgehead atoms. The maximum absolute atomic E-state index is 5.60. The molecule has 0 radical (unpaired) electrons. The molecule has 1 fully saturated rings. The van der Waals surface area contributed by atoms with Crippen molar-refractivity contribution < 1.29 is 14.2 Å². The van der Waals surface area contributed by atoms with Gasteiger partial charge >= 0.3 is 0 Å². The molecule has 33 heavy (non-hydrogen) atoms. The molecule has 1 saturated heterocycles. The Morgan fingerprint density at radius 3 is 2.42 bits per heavy atom. The average Bonchev–Trinajstić information content (AvgIpc) is 3.27. The van der Waals surface area contributed by atoms with Crippen molar-refractivity contribution in [1.29, 1.82) is 0 Å². The van der Waals surface area contributed by atoms with Crippen molar-refractivity contribution in [2.24, 2.45) is 4.99 Å². The molecule has 1 heterocycles. The van der Waals surface area contributed by atoms with Crippen molar-refractivity contribution in [2.75, 3.05) is 41.0 Å². The summed E-state index contributed by atoms with van der Waals surface area (Å²) < 4.78 is 16.4. The zero-order chi connectivity index (χ0) is 22.8. The molecule has 0 saturated carbocycles. The summed E-state index contributed by atoms with van der Waals surface area (Å²) in [4.78, 5) is 6.87. The predicted octanol–water partition coefficient (Wildman–Crippen LogP) is 3.80. The van der Waals surface area contributed by atoms with Crippen LogP contribution >= 0.6 is 24.0 Å². The van der Waals surface area contributed by atoms with E-state index in [-0.39, 0.29) is 24.0 Å². The van der Waals surface area contributed by atoms with Crippen LogP contribution in [0.15, 0.2) is 47.5 Å². The summed E-state index contributed by atoms with van der Waals surface area (Å²) in [5.41, 5.74) is 3.62. The Hall–Kier alpha value is -2.04. The quantitative estimate of drug-likeness (QED) is 0.258. The molecule has 2 N–H and O–H groups in total. The first-order chi connectivity index (χ1) is 15.6. The Bertz CT molecular complexity index is 871. The van der Waals surface area contributed by atoms with Gasteiger partial charge < -0.3 is 24.8 Å². The molecule has 8 heteroatoms. The van der Waals surface area contributed by atoms with E-state index in [9.17, 15) is 0 Å². The summed E-state index contributed by atoms with van der Waals surface area (Å²) in [6.45, 7) is 6.93. The molecule has 1 atom stereocenters. The van der Waals surface area contributed by atoms with Gasteiger partial charge in [0.1, 0.15) is 11.5 Å². The van der Waals surface area contributed by atoms with Crippen molar-refractivity contribution in [3.05, 3.63) is 59.2 Å². The number of aliphatic imine (C=N–C) groups is 1. The number of guanidine groups is 1. The SMILES string of the molecule is CCOCc1ccccc1CNC(=NC)NC1CCN(Cc2cc(OC)cc(OC)c2)C1.I. The van der Waals surface area contributed by atoms with Gasteiger partial charge in [0.15, 0.2) is 5.96 Å². The van der Waals surface area contributed by atoms with Gasteiger partial charge in [0.05, 0.1) is 20.8 Å². The number of ether oxygens (including phenoxy) is 3. The van der Waals surface area contributed by atoms with Crippen molar-refractivity contribution in [2.45, 2.75) is 39.1 Å². The molecule has 7 nitrogen and oxygen atoms in total. The van der Waals surface area contributed by atoms with Crippen LogP contribution in [-0.4, -0.2) is 57.9 Å². The molecule has 1 aliphatic rings. The minimum atomic E-state index is 0. The summed E-state index contributed by atoms with van der Waals surface area (Å²) in [5, 5.41) is 7.03. The summed E-state index contributed by atoms with van der Waals surface area (Å²) >= 11 is 0.